The lowest BCUT2D eigenvalue weighted by Gasteiger charge is -2.09. The van der Waals surface area contributed by atoms with E-state index < -0.39 is 30.3 Å². The van der Waals surface area contributed by atoms with Crippen molar-refractivity contribution in [1.29, 1.82) is 0 Å². The van der Waals surface area contributed by atoms with E-state index in [1.54, 1.807) is 54.6 Å². The number of hydrogen-bond donors (Lipinski definition) is 3. The lowest BCUT2D eigenvalue weighted by molar-refractivity contribution is -0.149. The number of ether oxygens (including phenoxy) is 1. The molecule has 0 aliphatic carbocycles. The Bertz CT molecular complexity index is 858. The summed E-state index contributed by atoms with van der Waals surface area (Å²) in [6, 6.07) is 15.0. The van der Waals surface area contributed by atoms with Crippen LogP contribution in [0.4, 0.5) is 5.69 Å². The van der Waals surface area contributed by atoms with Gasteiger partial charge in [0, 0.05) is 12.0 Å². The van der Waals surface area contributed by atoms with Crippen LogP contribution in [-0.4, -0.2) is 30.3 Å². The number of amides is 3. The molecule has 0 bridgehead atoms. The topological polar surface area (TPSA) is 114 Å². The van der Waals surface area contributed by atoms with E-state index in [4.69, 9.17) is 16.3 Å². The molecule has 2 aromatic carbocycles. The molecule has 3 N–H and O–H groups in total. The zero-order chi connectivity index (χ0) is 20.4. The summed E-state index contributed by atoms with van der Waals surface area (Å²) >= 11 is 5.93. The first-order valence-electron chi connectivity index (χ1n) is 8.30. The maximum absolute atomic E-state index is 11.8. The third-order valence-electron chi connectivity index (χ3n) is 3.42. The fraction of sp³-hybridized carbons (Fsp3) is 0.158. The van der Waals surface area contributed by atoms with Gasteiger partial charge in [0.15, 0.2) is 6.61 Å². The summed E-state index contributed by atoms with van der Waals surface area (Å²) in [4.78, 5) is 46.8. The van der Waals surface area contributed by atoms with Gasteiger partial charge in [-0.15, -0.1) is 0 Å². The second-order valence-electron chi connectivity index (χ2n) is 5.56. The molecule has 0 heterocycles. The van der Waals surface area contributed by atoms with E-state index in [1.807, 2.05) is 0 Å². The van der Waals surface area contributed by atoms with Gasteiger partial charge in [0.1, 0.15) is 0 Å². The van der Waals surface area contributed by atoms with Crippen molar-refractivity contribution in [3.05, 3.63) is 65.2 Å². The van der Waals surface area contributed by atoms with Crippen molar-refractivity contribution in [2.24, 2.45) is 0 Å². The van der Waals surface area contributed by atoms with Crippen LogP contribution >= 0.6 is 11.6 Å². The second kappa shape index (κ2) is 10.7. The molecule has 0 atom stereocenters. The number of hydrazine groups is 1. The van der Waals surface area contributed by atoms with Gasteiger partial charge >= 0.3 is 5.97 Å². The molecule has 0 unspecified atom stereocenters. The van der Waals surface area contributed by atoms with Gasteiger partial charge in [0.2, 0.25) is 5.91 Å². The van der Waals surface area contributed by atoms with Crippen molar-refractivity contribution in [1.82, 2.24) is 10.9 Å². The first-order chi connectivity index (χ1) is 13.5. The minimum Gasteiger partial charge on any atom is -0.455 e. The number of carbonyl (C=O) groups excluding carboxylic acids is 4. The quantitative estimate of drug-likeness (QED) is 0.483. The van der Waals surface area contributed by atoms with E-state index in [0.717, 1.165) is 0 Å². The minimum atomic E-state index is -0.723. The number of hydrogen-bond acceptors (Lipinski definition) is 5. The molecule has 8 nitrogen and oxygen atoms in total. The van der Waals surface area contributed by atoms with Crippen molar-refractivity contribution < 1.29 is 23.9 Å². The summed E-state index contributed by atoms with van der Waals surface area (Å²) in [5.74, 6) is -2.35. The van der Waals surface area contributed by atoms with Crippen LogP contribution in [-0.2, 0) is 19.1 Å². The van der Waals surface area contributed by atoms with Crippen molar-refractivity contribution in [2.45, 2.75) is 12.8 Å². The highest BCUT2D eigenvalue weighted by Crippen LogP contribution is 2.20. The summed E-state index contributed by atoms with van der Waals surface area (Å²) in [6.07, 6.45) is -0.337. The van der Waals surface area contributed by atoms with E-state index in [-0.39, 0.29) is 12.8 Å². The molecule has 146 valence electrons. The van der Waals surface area contributed by atoms with Gasteiger partial charge in [-0.3, -0.25) is 30.0 Å². The smallest absolute Gasteiger partial charge is 0.306 e. The number of benzene rings is 2. The molecule has 28 heavy (non-hydrogen) atoms. The Labute approximate surface area is 166 Å². The molecule has 0 aliphatic rings. The molecule has 0 aliphatic heterocycles. The summed E-state index contributed by atoms with van der Waals surface area (Å²) < 4.78 is 4.76. The number of halogens is 1. The Morgan fingerprint density at radius 2 is 1.50 bits per heavy atom. The fourth-order valence-corrected chi connectivity index (χ4v) is 2.22. The molecule has 9 heteroatoms. The van der Waals surface area contributed by atoms with Crippen LogP contribution in [0.15, 0.2) is 54.6 Å². The van der Waals surface area contributed by atoms with E-state index >= 15 is 0 Å². The van der Waals surface area contributed by atoms with Crippen molar-refractivity contribution in [3.63, 3.8) is 0 Å². The standard InChI is InChI=1S/C19H18ClN3O5/c20-14-8-4-5-9-15(14)21-16(24)10-11-18(26)28-12-17(25)22-23-19(27)13-6-2-1-3-7-13/h1-9H,10-12H2,(H,21,24)(H,22,25)(H,23,27). The zero-order valence-electron chi connectivity index (χ0n) is 14.7. The van der Waals surface area contributed by atoms with Gasteiger partial charge < -0.3 is 10.1 Å². The van der Waals surface area contributed by atoms with Gasteiger partial charge in [-0.25, -0.2) is 0 Å². The van der Waals surface area contributed by atoms with E-state index in [9.17, 15) is 19.2 Å². The van der Waals surface area contributed by atoms with Crippen molar-refractivity contribution in [2.75, 3.05) is 11.9 Å². The summed E-state index contributed by atoms with van der Waals surface area (Å²) in [7, 11) is 0. The summed E-state index contributed by atoms with van der Waals surface area (Å²) in [5, 5.41) is 2.96. The average Bonchev–Trinajstić information content (AvgIpc) is 2.71. The van der Waals surface area contributed by atoms with Gasteiger partial charge in [0.25, 0.3) is 11.8 Å². The molecule has 3 amide bonds. The van der Waals surface area contributed by atoms with E-state index in [2.05, 4.69) is 16.2 Å². The van der Waals surface area contributed by atoms with Crippen LogP contribution in [0.2, 0.25) is 5.02 Å². The van der Waals surface area contributed by atoms with Crippen molar-refractivity contribution >= 4 is 41.0 Å². The monoisotopic (exact) mass is 403 g/mol. The van der Waals surface area contributed by atoms with Crippen LogP contribution in [0.3, 0.4) is 0 Å². The third-order valence-corrected chi connectivity index (χ3v) is 3.75. The number of nitrogens with one attached hydrogen (secondary N) is 3. The largest absolute Gasteiger partial charge is 0.455 e. The van der Waals surface area contributed by atoms with E-state index in [1.165, 1.54) is 0 Å². The number of carbonyl (C=O) groups is 4. The molecule has 0 saturated carbocycles. The molecular formula is C19H18ClN3O5. The average molecular weight is 404 g/mol. The van der Waals surface area contributed by atoms with Gasteiger partial charge in [-0.2, -0.15) is 0 Å². The number of esters is 1. The predicted molar refractivity (Wildman–Crippen MR) is 102 cm³/mol. The van der Waals surface area contributed by atoms with Crippen molar-refractivity contribution in [3.8, 4) is 0 Å². The molecule has 0 saturated heterocycles. The fourth-order valence-electron chi connectivity index (χ4n) is 2.03. The van der Waals surface area contributed by atoms with Crippen LogP contribution in [0.25, 0.3) is 0 Å². The maximum atomic E-state index is 11.8. The lowest BCUT2D eigenvalue weighted by Crippen LogP contribution is -2.43. The molecule has 0 spiro atoms. The Morgan fingerprint density at radius 3 is 2.21 bits per heavy atom. The Balaban J connectivity index is 1.63. The number of rotatable bonds is 7. The van der Waals surface area contributed by atoms with Crippen LogP contribution < -0.4 is 16.2 Å². The highest BCUT2D eigenvalue weighted by atomic mass is 35.5. The predicted octanol–water partition coefficient (Wildman–Crippen LogP) is 2.06. The number of para-hydroxylation sites is 1. The number of anilines is 1. The maximum Gasteiger partial charge on any atom is 0.306 e. The minimum absolute atomic E-state index is 0.129. The van der Waals surface area contributed by atoms with Crippen LogP contribution in [0.5, 0.6) is 0 Å². The normalized spacial score (nSPS) is 9.89. The first-order valence-corrected chi connectivity index (χ1v) is 8.67. The van der Waals surface area contributed by atoms with Crippen LogP contribution in [0, 0.1) is 0 Å². The first kappa shape index (κ1) is 20.9. The van der Waals surface area contributed by atoms with E-state index in [0.29, 0.717) is 16.3 Å². The Hall–Kier alpha value is -3.39. The summed E-state index contributed by atoms with van der Waals surface area (Å²) in [5.41, 5.74) is 5.14. The molecular weight excluding hydrogens is 386 g/mol. The SMILES string of the molecule is O=C(COC(=O)CCC(=O)Nc1ccccc1Cl)NNC(=O)c1ccccc1. The molecule has 0 aromatic heterocycles. The highest BCUT2D eigenvalue weighted by Gasteiger charge is 2.12. The second-order valence-corrected chi connectivity index (χ2v) is 5.96. The van der Waals surface area contributed by atoms with Crippen LogP contribution in [0.1, 0.15) is 23.2 Å². The van der Waals surface area contributed by atoms with Gasteiger partial charge in [-0.05, 0) is 24.3 Å². The lowest BCUT2D eigenvalue weighted by atomic mass is 10.2. The molecule has 2 rings (SSSR count). The Kier molecular flexibility index (Phi) is 7.98. The summed E-state index contributed by atoms with van der Waals surface area (Å²) in [6.45, 7) is -0.583. The van der Waals surface area contributed by atoms with Gasteiger partial charge in [-0.1, -0.05) is 41.9 Å². The Morgan fingerprint density at radius 1 is 0.821 bits per heavy atom. The highest BCUT2D eigenvalue weighted by molar-refractivity contribution is 6.33. The zero-order valence-corrected chi connectivity index (χ0v) is 15.5. The molecule has 0 fully saturated rings. The molecule has 0 radical (unpaired) electrons. The molecule has 2 aromatic rings. The third kappa shape index (κ3) is 7.08. The van der Waals surface area contributed by atoms with Gasteiger partial charge in [0.05, 0.1) is 17.1 Å².